The summed E-state index contributed by atoms with van der Waals surface area (Å²) in [5.41, 5.74) is 0.285. The van der Waals surface area contributed by atoms with E-state index in [1.54, 1.807) is 33.3 Å². The molecule has 0 saturated heterocycles. The zero-order valence-corrected chi connectivity index (χ0v) is 14.8. The fraction of sp³-hybridized carbons (Fsp3) is 0.562. The molecule has 0 bridgehead atoms. The van der Waals surface area contributed by atoms with E-state index in [0.29, 0.717) is 23.8 Å². The summed E-state index contributed by atoms with van der Waals surface area (Å²) in [6.45, 7) is 4.08. The van der Waals surface area contributed by atoms with E-state index in [1.165, 1.54) is 0 Å². The molecule has 22 heavy (non-hydrogen) atoms. The molecule has 0 atom stereocenters. The number of carbonyl (C=O) groups excluding carboxylic acids is 1. The minimum absolute atomic E-state index is 0.0174. The molecular formula is C16H24ClNO4. The maximum absolute atomic E-state index is 12.4. The topological polar surface area (TPSA) is 48.0 Å². The molecule has 0 aliphatic heterocycles. The Kier molecular flexibility index (Phi) is 6.35. The number of nitrogens with zero attached hydrogens (tertiary/aromatic N) is 1. The van der Waals surface area contributed by atoms with Crippen LogP contribution >= 0.6 is 11.6 Å². The molecule has 0 spiro atoms. The summed E-state index contributed by atoms with van der Waals surface area (Å²) in [7, 11) is 6.43. The van der Waals surface area contributed by atoms with Crippen LogP contribution in [0.15, 0.2) is 12.1 Å². The van der Waals surface area contributed by atoms with Gasteiger partial charge < -0.3 is 19.1 Å². The number of hydrogen-bond donors (Lipinski definition) is 0. The van der Waals surface area contributed by atoms with E-state index in [2.05, 4.69) is 0 Å². The van der Waals surface area contributed by atoms with Crippen LogP contribution in [0.2, 0.25) is 0 Å². The van der Waals surface area contributed by atoms with Crippen LogP contribution in [0.25, 0.3) is 0 Å². The Bertz CT molecular complexity index is 506. The Hall–Kier alpha value is -1.62. The molecule has 1 amide bonds. The highest BCUT2D eigenvalue weighted by Gasteiger charge is 2.29. The summed E-state index contributed by atoms with van der Waals surface area (Å²) in [4.78, 5) is 14.0. The molecule has 1 aromatic rings. The molecule has 0 aliphatic carbocycles. The van der Waals surface area contributed by atoms with Crippen molar-refractivity contribution in [2.45, 2.75) is 20.4 Å². The smallest absolute Gasteiger partial charge is 0.229 e. The molecule has 0 N–H and O–H groups in total. The van der Waals surface area contributed by atoms with Gasteiger partial charge in [0.2, 0.25) is 11.7 Å². The number of alkyl halides is 1. The second kappa shape index (κ2) is 7.58. The average Bonchev–Trinajstić information content (AvgIpc) is 2.52. The summed E-state index contributed by atoms with van der Waals surface area (Å²) in [6, 6.07) is 3.66. The highest BCUT2D eigenvalue weighted by atomic mass is 35.5. The van der Waals surface area contributed by atoms with Gasteiger partial charge in [0.05, 0.1) is 26.7 Å². The number of ether oxygens (including phenoxy) is 3. The zero-order valence-electron chi connectivity index (χ0n) is 14.0. The van der Waals surface area contributed by atoms with Crippen molar-refractivity contribution in [2.75, 3.05) is 34.3 Å². The van der Waals surface area contributed by atoms with Crippen molar-refractivity contribution in [3.8, 4) is 17.2 Å². The van der Waals surface area contributed by atoms with Crippen LogP contribution in [0, 0.1) is 5.41 Å². The maximum atomic E-state index is 12.4. The van der Waals surface area contributed by atoms with Crippen LogP contribution in [0.1, 0.15) is 19.4 Å². The molecule has 124 valence electrons. The Balaban J connectivity index is 3.06. The first-order valence-electron chi connectivity index (χ1n) is 6.91. The van der Waals surface area contributed by atoms with E-state index >= 15 is 0 Å². The molecule has 0 aliphatic rings. The number of benzene rings is 1. The van der Waals surface area contributed by atoms with Gasteiger partial charge >= 0.3 is 0 Å². The van der Waals surface area contributed by atoms with Gasteiger partial charge in [-0.25, -0.2) is 0 Å². The summed E-state index contributed by atoms with van der Waals surface area (Å²) >= 11 is 5.87. The van der Waals surface area contributed by atoms with E-state index in [1.807, 2.05) is 26.0 Å². The lowest BCUT2D eigenvalue weighted by Crippen LogP contribution is -2.39. The first-order valence-corrected chi connectivity index (χ1v) is 7.44. The van der Waals surface area contributed by atoms with E-state index in [-0.39, 0.29) is 11.8 Å². The molecule has 0 saturated carbocycles. The van der Waals surface area contributed by atoms with Crippen molar-refractivity contribution in [3.63, 3.8) is 0 Å². The molecule has 5 nitrogen and oxygen atoms in total. The van der Waals surface area contributed by atoms with Gasteiger partial charge in [-0.3, -0.25) is 4.79 Å². The molecule has 0 unspecified atom stereocenters. The number of halogens is 1. The lowest BCUT2D eigenvalue weighted by atomic mass is 9.94. The van der Waals surface area contributed by atoms with Crippen molar-refractivity contribution < 1.29 is 19.0 Å². The molecule has 1 rings (SSSR count). The molecular weight excluding hydrogens is 306 g/mol. The third-order valence-electron chi connectivity index (χ3n) is 3.40. The second-order valence-electron chi connectivity index (χ2n) is 5.71. The highest BCUT2D eigenvalue weighted by molar-refractivity contribution is 6.19. The van der Waals surface area contributed by atoms with Crippen molar-refractivity contribution in [1.82, 2.24) is 4.90 Å². The normalized spacial score (nSPS) is 11.0. The zero-order chi connectivity index (χ0) is 16.9. The van der Waals surface area contributed by atoms with E-state index in [9.17, 15) is 4.79 Å². The standard InChI is InChI=1S/C16H24ClNO4/c1-16(2,10-17)15(19)18(3)9-11-7-12(20-4)14(22-6)13(8-11)21-5/h7-8H,9-10H2,1-6H3. The lowest BCUT2D eigenvalue weighted by molar-refractivity contribution is -0.138. The van der Waals surface area contributed by atoms with Gasteiger partial charge in [0.15, 0.2) is 11.5 Å². The molecule has 1 aromatic carbocycles. The van der Waals surface area contributed by atoms with Gasteiger partial charge in [-0.05, 0) is 31.5 Å². The molecule has 0 aromatic heterocycles. The molecule has 0 heterocycles. The van der Waals surface area contributed by atoms with Gasteiger partial charge in [-0.2, -0.15) is 0 Å². The Labute approximate surface area is 137 Å². The average molecular weight is 330 g/mol. The van der Waals surface area contributed by atoms with Gasteiger partial charge in [0.1, 0.15) is 0 Å². The fourth-order valence-electron chi connectivity index (χ4n) is 2.15. The summed E-state index contributed by atoms with van der Waals surface area (Å²) in [6.07, 6.45) is 0. The van der Waals surface area contributed by atoms with Crippen LogP contribution in [-0.2, 0) is 11.3 Å². The second-order valence-corrected chi connectivity index (χ2v) is 5.98. The molecule has 0 radical (unpaired) electrons. The first-order chi connectivity index (χ1) is 10.3. The lowest BCUT2D eigenvalue weighted by Gasteiger charge is -2.28. The Morgan fingerprint density at radius 1 is 1.14 bits per heavy atom. The summed E-state index contributed by atoms with van der Waals surface area (Å²) < 4.78 is 15.9. The summed E-state index contributed by atoms with van der Waals surface area (Å²) in [5, 5.41) is 0. The fourth-order valence-corrected chi connectivity index (χ4v) is 2.26. The third-order valence-corrected chi connectivity index (χ3v) is 4.07. The number of amides is 1. The monoisotopic (exact) mass is 329 g/mol. The van der Waals surface area contributed by atoms with Crippen molar-refractivity contribution in [2.24, 2.45) is 5.41 Å². The minimum Gasteiger partial charge on any atom is -0.493 e. The van der Waals surface area contributed by atoms with Crippen LogP contribution in [0.4, 0.5) is 0 Å². The predicted molar refractivity (Wildman–Crippen MR) is 87.1 cm³/mol. The van der Waals surface area contributed by atoms with Gasteiger partial charge in [0, 0.05) is 19.5 Å². The van der Waals surface area contributed by atoms with Crippen LogP contribution in [0.5, 0.6) is 17.2 Å². The maximum Gasteiger partial charge on any atom is 0.229 e. The van der Waals surface area contributed by atoms with Crippen LogP contribution in [0.3, 0.4) is 0 Å². The largest absolute Gasteiger partial charge is 0.493 e. The van der Waals surface area contributed by atoms with Crippen LogP contribution in [-0.4, -0.2) is 45.1 Å². The number of hydrogen-bond acceptors (Lipinski definition) is 4. The quantitative estimate of drug-likeness (QED) is 0.722. The highest BCUT2D eigenvalue weighted by Crippen LogP contribution is 2.38. The van der Waals surface area contributed by atoms with Crippen LogP contribution < -0.4 is 14.2 Å². The Morgan fingerprint density at radius 2 is 1.64 bits per heavy atom. The predicted octanol–water partition coefficient (Wildman–Crippen LogP) is 2.94. The van der Waals surface area contributed by atoms with E-state index in [0.717, 1.165) is 5.56 Å². The number of rotatable bonds is 7. The number of carbonyl (C=O) groups is 1. The van der Waals surface area contributed by atoms with Crippen molar-refractivity contribution >= 4 is 17.5 Å². The van der Waals surface area contributed by atoms with E-state index in [4.69, 9.17) is 25.8 Å². The molecule has 0 fully saturated rings. The van der Waals surface area contributed by atoms with Gasteiger partial charge in [-0.1, -0.05) is 0 Å². The van der Waals surface area contributed by atoms with Gasteiger partial charge in [-0.15, -0.1) is 11.6 Å². The third kappa shape index (κ3) is 3.97. The van der Waals surface area contributed by atoms with E-state index < -0.39 is 5.41 Å². The number of methoxy groups -OCH3 is 3. The molecule has 6 heteroatoms. The SMILES string of the molecule is COc1cc(CN(C)C(=O)C(C)(C)CCl)cc(OC)c1OC. The first kappa shape index (κ1) is 18.4. The Morgan fingerprint density at radius 3 is 2.00 bits per heavy atom. The van der Waals surface area contributed by atoms with Gasteiger partial charge in [0.25, 0.3) is 0 Å². The van der Waals surface area contributed by atoms with Crippen molar-refractivity contribution in [3.05, 3.63) is 17.7 Å². The van der Waals surface area contributed by atoms with Crippen molar-refractivity contribution in [1.29, 1.82) is 0 Å². The summed E-state index contributed by atoms with van der Waals surface area (Å²) in [5.74, 6) is 1.91. The minimum atomic E-state index is -0.600.